The number of esters is 4. The van der Waals surface area contributed by atoms with Crippen molar-refractivity contribution in [2.45, 2.75) is 274 Å². The Morgan fingerprint density at radius 2 is 0.783 bits per heavy atom. The van der Waals surface area contributed by atoms with Crippen LogP contribution in [0.15, 0.2) is 130 Å². The molecule has 8 aliphatic rings. The number of carbonyl (C=O) groups excluding carboxylic acids is 4. The zero-order valence-corrected chi connectivity index (χ0v) is 66.2. The smallest absolute Gasteiger partial charge is 0.311 e. The molecule has 8 aliphatic carbocycles. The van der Waals surface area contributed by atoms with Gasteiger partial charge in [0.15, 0.2) is 0 Å². The molecule has 0 saturated heterocycles. The van der Waals surface area contributed by atoms with Crippen molar-refractivity contribution in [2.75, 3.05) is 13.2 Å². The van der Waals surface area contributed by atoms with Gasteiger partial charge in [-0.3, -0.25) is 29.2 Å². The fourth-order valence-electron chi connectivity index (χ4n) is 22.6. The first-order valence-electron chi connectivity index (χ1n) is 42.0. The largest absolute Gasteiger partial charge is 0.490 e. The molecule has 12 nitrogen and oxygen atoms in total. The minimum atomic E-state index is -0.318. The number of hydrogen-bond acceptors (Lipinski definition) is 12. The van der Waals surface area contributed by atoms with E-state index in [2.05, 4.69) is 91.4 Å². The topological polar surface area (TPSA) is 148 Å². The maximum absolute atomic E-state index is 13.1. The predicted molar refractivity (Wildman–Crippen MR) is 425 cm³/mol. The number of carbonyl (C=O) groups is 4. The van der Waals surface area contributed by atoms with E-state index in [1.165, 1.54) is 103 Å². The zero-order valence-electron chi connectivity index (χ0n) is 66.2. The van der Waals surface area contributed by atoms with Gasteiger partial charge in [-0.25, -0.2) is 0 Å². The molecule has 574 valence electrons. The fraction of sp³-hybridized carbons (Fsp3) is 0.638. The van der Waals surface area contributed by atoms with Crippen LogP contribution in [-0.4, -0.2) is 61.7 Å². The summed E-state index contributed by atoms with van der Waals surface area (Å²) >= 11 is 0. The molecule has 0 aromatic heterocycles. The van der Waals surface area contributed by atoms with Crippen LogP contribution >= 0.6 is 0 Å². The molecule has 6 saturated carbocycles. The van der Waals surface area contributed by atoms with Crippen molar-refractivity contribution in [3.8, 4) is 23.0 Å². The van der Waals surface area contributed by atoms with E-state index in [-0.39, 0.29) is 59.8 Å². The highest BCUT2D eigenvalue weighted by Gasteiger charge is 2.61. The quantitative estimate of drug-likeness (QED) is 0.0148. The molecule has 0 bridgehead atoms. The van der Waals surface area contributed by atoms with Crippen LogP contribution in [0.1, 0.15) is 273 Å². The van der Waals surface area contributed by atoms with Gasteiger partial charge in [0.2, 0.25) is 0 Å². The number of ether oxygens (including phenoxy) is 6. The second kappa shape index (κ2) is 35.7. The third-order valence-electron chi connectivity index (χ3n) is 28.4. The van der Waals surface area contributed by atoms with Gasteiger partial charge >= 0.3 is 23.9 Å². The highest BCUT2D eigenvalue weighted by atomic mass is 16.6. The SMILES string of the molecule is CC(C)CCC[C@@H](C)[C@H]1CC[C@H]2[C@@H]3CC=C4CC(OC(=O)CCCCC(=O)Oc5ccc(C=Nc6ccc(OCCOc7ccc(N=Cc8ccc(OC(=O)CCCCC(=O)OC9CC[C@@]%10(C)C(=CC[C@H]%11[C@@H]%12CC[C@H]([C@H](C)CCCC(C)C)[C@@]%12(C)CC[C@@H]%11%10)C9)cc8)cc7)cc6)cc5)CC[C@]4(C)[C@H]3CC[C@]12C. The standard InChI is InChI=1S/C94H128N2O10/c1-63(2)17-15-19-65(5)81-45-47-83-79-43-29-69-59-77(49-53-91(69,7)85(79)51-55-93(81,83)9)105-89(99)23-13-11-21-87(97)103-75-35-25-67(26-36-75)61-95-71-31-39-73(40-32-71)101-57-58-102-74-41-33-72(34-42-74)96-62-68-27-37-76(38-28-68)104-88(98)22-12-14-24-90(100)106-78-50-54-92(8)70(60-78)30-44-80-84-48-46-82(66(6)20-16-18-64(3)4)94(84,10)56-52-86(80)92/h25-42,61-66,77-86H,11-24,43-60H2,1-10H3/t65-,66-,77?,78?,79+,80+,81-,82-,83+,84+,85+,86+,91+,92+,93-,94-/m1/s1. The zero-order chi connectivity index (χ0) is 74.6. The summed E-state index contributed by atoms with van der Waals surface area (Å²) < 4.78 is 35.4. The number of aliphatic imine (C=N–C) groups is 2. The Morgan fingerprint density at radius 1 is 0.415 bits per heavy atom. The summed E-state index contributed by atoms with van der Waals surface area (Å²) in [6.45, 7) is 25.7. The Labute approximate surface area is 636 Å². The van der Waals surface area contributed by atoms with Gasteiger partial charge in [-0.1, -0.05) is 131 Å². The number of hydrogen-bond donors (Lipinski definition) is 0. The monoisotopic (exact) mass is 1440 g/mol. The lowest BCUT2D eigenvalue weighted by atomic mass is 9.47. The molecule has 0 amide bonds. The Kier molecular flexibility index (Phi) is 26.5. The minimum Gasteiger partial charge on any atom is -0.490 e. The maximum Gasteiger partial charge on any atom is 0.311 e. The highest BCUT2D eigenvalue weighted by Crippen LogP contribution is 2.69. The van der Waals surface area contributed by atoms with Crippen LogP contribution in [0, 0.1) is 92.7 Å². The normalized spacial score (nSPS) is 30.0. The number of nitrogens with zero attached hydrogens (tertiary/aromatic N) is 2. The van der Waals surface area contributed by atoms with E-state index in [1.807, 2.05) is 72.8 Å². The summed E-state index contributed by atoms with van der Waals surface area (Å²) in [6.07, 6.45) is 39.5. The van der Waals surface area contributed by atoms with Crippen molar-refractivity contribution >= 4 is 47.7 Å². The molecule has 0 N–H and O–H groups in total. The average Bonchev–Trinajstić information content (AvgIpc) is 1.41. The molecule has 6 fully saturated rings. The minimum absolute atomic E-state index is 0.0532. The molecule has 0 radical (unpaired) electrons. The van der Waals surface area contributed by atoms with Gasteiger partial charge in [-0.2, -0.15) is 0 Å². The van der Waals surface area contributed by atoms with Gasteiger partial charge in [-0.15, -0.1) is 0 Å². The second-order valence-corrected chi connectivity index (χ2v) is 36.0. The van der Waals surface area contributed by atoms with E-state index < -0.39 is 0 Å². The number of allylic oxidation sites excluding steroid dienone is 2. The van der Waals surface area contributed by atoms with Gasteiger partial charge in [0.25, 0.3) is 0 Å². The second-order valence-electron chi connectivity index (χ2n) is 36.0. The molecule has 4 aromatic rings. The highest BCUT2D eigenvalue weighted by molar-refractivity contribution is 5.83. The van der Waals surface area contributed by atoms with Crippen LogP contribution in [0.2, 0.25) is 0 Å². The van der Waals surface area contributed by atoms with Crippen LogP contribution in [0.4, 0.5) is 11.4 Å². The van der Waals surface area contributed by atoms with Gasteiger partial charge in [0.1, 0.15) is 48.4 Å². The Hall–Kier alpha value is -6.82. The molecular weight excluding hydrogens is 1320 g/mol. The molecule has 2 unspecified atom stereocenters. The molecule has 0 spiro atoms. The molecule has 12 heteroatoms. The van der Waals surface area contributed by atoms with Crippen molar-refractivity contribution in [2.24, 2.45) is 103 Å². The summed E-state index contributed by atoms with van der Waals surface area (Å²) in [4.78, 5) is 61.0. The van der Waals surface area contributed by atoms with Crippen LogP contribution in [0.5, 0.6) is 23.0 Å². The van der Waals surface area contributed by atoms with Crippen molar-refractivity contribution in [3.05, 3.63) is 131 Å². The molecular formula is C94H128N2O10. The van der Waals surface area contributed by atoms with E-state index in [4.69, 9.17) is 28.4 Å². The van der Waals surface area contributed by atoms with E-state index in [0.717, 1.165) is 132 Å². The summed E-state index contributed by atoms with van der Waals surface area (Å²) in [6, 6.07) is 29.6. The summed E-state index contributed by atoms with van der Waals surface area (Å²) in [7, 11) is 0. The van der Waals surface area contributed by atoms with E-state index in [1.54, 1.807) is 47.8 Å². The third kappa shape index (κ3) is 19.2. The van der Waals surface area contributed by atoms with E-state index >= 15 is 0 Å². The molecule has 4 aromatic carbocycles. The number of unbranched alkanes of at least 4 members (excludes halogenated alkanes) is 2. The van der Waals surface area contributed by atoms with Crippen molar-refractivity contribution in [1.82, 2.24) is 0 Å². The van der Waals surface area contributed by atoms with Gasteiger partial charge in [-0.05, 0) is 316 Å². The van der Waals surface area contributed by atoms with Crippen molar-refractivity contribution in [3.63, 3.8) is 0 Å². The molecule has 16 atom stereocenters. The number of rotatable bonds is 33. The predicted octanol–water partition coefficient (Wildman–Crippen LogP) is 23.5. The third-order valence-corrected chi connectivity index (χ3v) is 28.4. The molecule has 0 aliphatic heterocycles. The molecule has 0 heterocycles. The van der Waals surface area contributed by atoms with Crippen LogP contribution in [0.3, 0.4) is 0 Å². The Balaban J connectivity index is 0.477. The Bertz CT molecular complexity index is 3460. The lowest BCUT2D eigenvalue weighted by molar-refractivity contribution is -0.152. The summed E-state index contributed by atoms with van der Waals surface area (Å²) in [5.41, 5.74) is 7.75. The van der Waals surface area contributed by atoms with Gasteiger partial charge < -0.3 is 28.4 Å². The first-order chi connectivity index (χ1) is 51.0. The fourth-order valence-corrected chi connectivity index (χ4v) is 22.6. The van der Waals surface area contributed by atoms with Crippen molar-refractivity contribution in [1.29, 1.82) is 0 Å². The lowest BCUT2D eigenvalue weighted by Gasteiger charge is -2.58. The molecule has 106 heavy (non-hydrogen) atoms. The number of benzene rings is 4. The number of fused-ring (bicyclic) bond motifs is 10. The van der Waals surface area contributed by atoms with Crippen LogP contribution in [-0.2, 0) is 28.7 Å². The first-order valence-corrected chi connectivity index (χ1v) is 42.0. The van der Waals surface area contributed by atoms with E-state index in [9.17, 15) is 19.2 Å². The maximum atomic E-state index is 13.1. The summed E-state index contributed by atoms with van der Waals surface area (Å²) in [5.74, 6) is 11.1. The van der Waals surface area contributed by atoms with Gasteiger partial charge in [0.05, 0.1) is 11.4 Å². The van der Waals surface area contributed by atoms with Crippen LogP contribution < -0.4 is 18.9 Å². The lowest BCUT2D eigenvalue weighted by Crippen LogP contribution is -2.51. The van der Waals surface area contributed by atoms with E-state index in [0.29, 0.717) is 85.6 Å². The van der Waals surface area contributed by atoms with Crippen LogP contribution in [0.25, 0.3) is 0 Å². The first kappa shape index (κ1) is 78.8. The molecule has 12 rings (SSSR count). The van der Waals surface area contributed by atoms with Crippen molar-refractivity contribution < 1.29 is 47.6 Å². The summed E-state index contributed by atoms with van der Waals surface area (Å²) in [5, 5.41) is 0. The average molecular weight is 1450 g/mol. The Morgan fingerprint density at radius 3 is 1.16 bits per heavy atom. The van der Waals surface area contributed by atoms with Gasteiger partial charge in [0, 0.05) is 51.0 Å².